The summed E-state index contributed by atoms with van der Waals surface area (Å²) >= 11 is 6.24. The first-order valence-corrected chi connectivity index (χ1v) is 7.42. The molecule has 0 aromatic heterocycles. The minimum Gasteiger partial charge on any atom is -0.368 e. The van der Waals surface area contributed by atoms with Crippen LogP contribution in [0.2, 0.25) is 5.02 Å². The Hall–Kier alpha value is -1.51. The van der Waals surface area contributed by atoms with Crippen molar-refractivity contribution in [3.63, 3.8) is 0 Å². The van der Waals surface area contributed by atoms with E-state index in [0.717, 1.165) is 24.7 Å². The molecule has 2 aromatic carbocycles. The molecule has 1 atom stereocenters. The fraction of sp³-hybridized carbons (Fsp3) is 0.294. The van der Waals surface area contributed by atoms with Crippen molar-refractivity contribution in [3.8, 4) is 0 Å². The van der Waals surface area contributed by atoms with E-state index in [1.165, 1.54) is 16.8 Å². The monoisotopic (exact) mass is 286 g/mol. The molecule has 3 rings (SSSR count). The van der Waals surface area contributed by atoms with Crippen LogP contribution >= 0.6 is 11.6 Å². The van der Waals surface area contributed by atoms with Crippen LogP contribution in [0.15, 0.2) is 48.5 Å². The van der Waals surface area contributed by atoms with Gasteiger partial charge in [-0.1, -0.05) is 48.0 Å². The van der Waals surface area contributed by atoms with E-state index in [-0.39, 0.29) is 0 Å². The predicted octanol–water partition coefficient (Wildman–Crippen LogP) is 3.80. The van der Waals surface area contributed by atoms with Gasteiger partial charge >= 0.3 is 0 Å². The van der Waals surface area contributed by atoms with Crippen molar-refractivity contribution in [2.75, 3.05) is 24.5 Å². The number of nitrogens with zero attached hydrogens (tertiary/aromatic N) is 1. The zero-order valence-corrected chi connectivity index (χ0v) is 12.4. The summed E-state index contributed by atoms with van der Waals surface area (Å²) in [5.41, 5.74) is 3.76. The maximum Gasteiger partial charge on any atom is 0.0498 e. The van der Waals surface area contributed by atoms with Crippen molar-refractivity contribution in [2.45, 2.75) is 13.0 Å². The number of anilines is 1. The fourth-order valence-corrected chi connectivity index (χ4v) is 2.99. The Bertz CT molecular complexity index is 583. The molecular weight excluding hydrogens is 268 g/mol. The molecular formula is C17H19ClN2. The lowest BCUT2D eigenvalue weighted by Gasteiger charge is -2.36. The molecule has 0 aliphatic carbocycles. The second kappa shape index (κ2) is 5.86. The third-order valence-electron chi connectivity index (χ3n) is 3.96. The van der Waals surface area contributed by atoms with Crippen LogP contribution in [0, 0.1) is 6.92 Å². The van der Waals surface area contributed by atoms with Gasteiger partial charge in [0.2, 0.25) is 0 Å². The van der Waals surface area contributed by atoms with Gasteiger partial charge in [0.25, 0.3) is 0 Å². The van der Waals surface area contributed by atoms with E-state index in [1.54, 1.807) is 0 Å². The molecule has 104 valence electrons. The summed E-state index contributed by atoms with van der Waals surface area (Å²) in [5, 5.41) is 4.44. The predicted molar refractivity (Wildman–Crippen MR) is 85.6 cm³/mol. The first-order chi connectivity index (χ1) is 9.75. The number of nitrogens with one attached hydrogen (secondary N) is 1. The highest BCUT2D eigenvalue weighted by atomic mass is 35.5. The molecule has 1 saturated heterocycles. The molecule has 0 bridgehead atoms. The van der Waals surface area contributed by atoms with Crippen LogP contribution in [0.25, 0.3) is 0 Å². The fourth-order valence-electron chi connectivity index (χ4n) is 2.82. The molecule has 20 heavy (non-hydrogen) atoms. The van der Waals surface area contributed by atoms with E-state index >= 15 is 0 Å². The molecule has 0 saturated carbocycles. The van der Waals surface area contributed by atoms with Crippen molar-refractivity contribution >= 4 is 17.3 Å². The molecule has 1 N–H and O–H groups in total. The minimum atomic E-state index is 0.378. The zero-order chi connectivity index (χ0) is 13.9. The average molecular weight is 287 g/mol. The summed E-state index contributed by atoms with van der Waals surface area (Å²) in [6.07, 6.45) is 0. The summed E-state index contributed by atoms with van der Waals surface area (Å²) in [5.74, 6) is 0. The summed E-state index contributed by atoms with van der Waals surface area (Å²) in [4.78, 5) is 2.43. The standard InChI is InChI=1S/C17H19ClN2/c1-13-15(18)8-5-9-17(13)20-11-10-19-16(12-20)14-6-3-2-4-7-14/h2-9,16,19H,10-12H2,1H3. The van der Waals surface area contributed by atoms with Gasteiger partial charge in [-0.05, 0) is 30.2 Å². The summed E-state index contributed by atoms with van der Waals surface area (Å²) in [6, 6.07) is 17.2. The Labute approximate surface area is 125 Å². The lowest BCUT2D eigenvalue weighted by molar-refractivity contribution is 0.471. The van der Waals surface area contributed by atoms with E-state index in [2.05, 4.69) is 53.5 Å². The number of benzene rings is 2. The van der Waals surface area contributed by atoms with Gasteiger partial charge in [0.1, 0.15) is 0 Å². The molecule has 2 aromatic rings. The SMILES string of the molecule is Cc1c(Cl)cccc1N1CCNC(c2ccccc2)C1. The maximum absolute atomic E-state index is 6.24. The number of hydrogen-bond donors (Lipinski definition) is 1. The first-order valence-electron chi connectivity index (χ1n) is 7.04. The van der Waals surface area contributed by atoms with Crippen LogP contribution in [0.4, 0.5) is 5.69 Å². The quantitative estimate of drug-likeness (QED) is 0.903. The van der Waals surface area contributed by atoms with Gasteiger partial charge in [0, 0.05) is 36.4 Å². The summed E-state index contributed by atoms with van der Waals surface area (Å²) in [7, 11) is 0. The zero-order valence-electron chi connectivity index (χ0n) is 11.6. The van der Waals surface area contributed by atoms with Gasteiger partial charge in [-0.3, -0.25) is 0 Å². The molecule has 0 radical (unpaired) electrons. The van der Waals surface area contributed by atoms with E-state index in [4.69, 9.17) is 11.6 Å². The van der Waals surface area contributed by atoms with Crippen LogP contribution in [-0.4, -0.2) is 19.6 Å². The topological polar surface area (TPSA) is 15.3 Å². The normalized spacial score (nSPS) is 19.1. The van der Waals surface area contributed by atoms with Crippen molar-refractivity contribution in [2.24, 2.45) is 0 Å². The molecule has 2 nitrogen and oxygen atoms in total. The van der Waals surface area contributed by atoms with Crippen molar-refractivity contribution in [1.29, 1.82) is 0 Å². The maximum atomic E-state index is 6.24. The third kappa shape index (κ3) is 2.67. The minimum absolute atomic E-state index is 0.378. The Morgan fingerprint density at radius 3 is 2.70 bits per heavy atom. The van der Waals surface area contributed by atoms with Gasteiger partial charge < -0.3 is 10.2 Å². The Morgan fingerprint density at radius 1 is 1.10 bits per heavy atom. The summed E-state index contributed by atoms with van der Waals surface area (Å²) < 4.78 is 0. The van der Waals surface area contributed by atoms with Crippen LogP contribution in [0.3, 0.4) is 0 Å². The van der Waals surface area contributed by atoms with Gasteiger partial charge in [-0.2, -0.15) is 0 Å². The lowest BCUT2D eigenvalue weighted by atomic mass is 10.0. The second-order valence-corrected chi connectivity index (χ2v) is 5.65. The average Bonchev–Trinajstić information content (AvgIpc) is 2.51. The molecule has 1 aliphatic heterocycles. The van der Waals surface area contributed by atoms with Crippen LogP contribution < -0.4 is 10.2 Å². The highest BCUT2D eigenvalue weighted by molar-refractivity contribution is 6.31. The highest BCUT2D eigenvalue weighted by Gasteiger charge is 2.22. The molecule has 1 unspecified atom stereocenters. The second-order valence-electron chi connectivity index (χ2n) is 5.25. The van der Waals surface area contributed by atoms with E-state index in [9.17, 15) is 0 Å². The summed E-state index contributed by atoms with van der Waals surface area (Å²) in [6.45, 7) is 5.08. The van der Waals surface area contributed by atoms with E-state index < -0.39 is 0 Å². The van der Waals surface area contributed by atoms with Crippen molar-refractivity contribution < 1.29 is 0 Å². The Morgan fingerprint density at radius 2 is 1.90 bits per heavy atom. The van der Waals surface area contributed by atoms with Gasteiger partial charge in [0.15, 0.2) is 0 Å². The molecule has 0 amide bonds. The van der Waals surface area contributed by atoms with E-state index in [0.29, 0.717) is 6.04 Å². The Balaban J connectivity index is 1.83. The molecule has 1 heterocycles. The molecule has 3 heteroatoms. The third-order valence-corrected chi connectivity index (χ3v) is 4.37. The number of piperazine rings is 1. The highest BCUT2D eigenvalue weighted by Crippen LogP contribution is 2.29. The van der Waals surface area contributed by atoms with Gasteiger partial charge in [-0.25, -0.2) is 0 Å². The van der Waals surface area contributed by atoms with Crippen LogP contribution in [0.1, 0.15) is 17.2 Å². The van der Waals surface area contributed by atoms with Crippen LogP contribution in [-0.2, 0) is 0 Å². The van der Waals surface area contributed by atoms with Crippen molar-refractivity contribution in [1.82, 2.24) is 5.32 Å². The number of hydrogen-bond acceptors (Lipinski definition) is 2. The smallest absolute Gasteiger partial charge is 0.0498 e. The van der Waals surface area contributed by atoms with Crippen molar-refractivity contribution in [3.05, 3.63) is 64.7 Å². The first kappa shape index (κ1) is 13.5. The van der Waals surface area contributed by atoms with Gasteiger partial charge in [0.05, 0.1) is 0 Å². The lowest BCUT2D eigenvalue weighted by Crippen LogP contribution is -2.46. The van der Waals surface area contributed by atoms with Crippen LogP contribution in [0.5, 0.6) is 0 Å². The van der Waals surface area contributed by atoms with Gasteiger partial charge in [-0.15, -0.1) is 0 Å². The molecule has 1 fully saturated rings. The molecule has 1 aliphatic rings. The largest absolute Gasteiger partial charge is 0.368 e. The Kier molecular flexibility index (Phi) is 3.95. The van der Waals surface area contributed by atoms with E-state index in [1.807, 2.05) is 12.1 Å². The molecule has 0 spiro atoms. The number of rotatable bonds is 2. The number of halogens is 1.